The highest BCUT2D eigenvalue weighted by Crippen LogP contribution is 2.71. The van der Waals surface area contributed by atoms with Crippen molar-refractivity contribution in [1.29, 1.82) is 0 Å². The molecule has 20 heavy (non-hydrogen) atoms. The van der Waals surface area contributed by atoms with Crippen molar-refractivity contribution in [2.45, 2.75) is 24.8 Å². The molecule has 0 atom stereocenters. The Balaban J connectivity index is 3.33. The maximum Gasteiger partial charge on any atom is 0.381 e. The lowest BCUT2D eigenvalue weighted by Crippen LogP contribution is -2.35. The fraction of sp³-hybridized carbons (Fsp3) is 0.400. The van der Waals surface area contributed by atoms with E-state index in [9.17, 15) is 28.7 Å². The SMILES string of the molecule is CCCC(Oc1ccc(O)cc1)(P(=O)(O)O)P(=O)(O)O. The van der Waals surface area contributed by atoms with Crippen LogP contribution < -0.4 is 4.74 Å². The molecule has 0 heterocycles. The summed E-state index contributed by atoms with van der Waals surface area (Å²) in [6.45, 7) is 1.51. The van der Waals surface area contributed by atoms with Crippen molar-refractivity contribution >= 4 is 15.2 Å². The third-order valence-corrected chi connectivity index (χ3v) is 6.62. The Labute approximate surface area is 115 Å². The van der Waals surface area contributed by atoms with Crippen molar-refractivity contribution in [2.24, 2.45) is 0 Å². The standard InChI is InChI=1S/C10H16O8P2/c1-2-7-10(19(12,13)14,20(15,16)17)18-9-5-3-8(11)4-6-9/h3-6,11H,2,7H2,1H3,(H2,12,13,14)(H2,15,16,17). The Kier molecular flexibility index (Phi) is 5.03. The summed E-state index contributed by atoms with van der Waals surface area (Å²) in [6, 6.07) is 4.66. The second-order valence-corrected chi connectivity index (χ2v) is 8.15. The maximum absolute atomic E-state index is 11.6. The molecule has 0 aliphatic heterocycles. The highest BCUT2D eigenvalue weighted by molar-refractivity contribution is 7.72. The van der Waals surface area contributed by atoms with Crippen LogP contribution in [0.4, 0.5) is 0 Å². The zero-order valence-electron chi connectivity index (χ0n) is 10.6. The molecular formula is C10H16O8P2. The predicted molar refractivity (Wildman–Crippen MR) is 70.5 cm³/mol. The van der Waals surface area contributed by atoms with Crippen LogP contribution in [0.3, 0.4) is 0 Å². The molecule has 0 spiro atoms. The Bertz CT molecular complexity index is 521. The lowest BCUT2D eigenvalue weighted by atomic mass is 10.3. The summed E-state index contributed by atoms with van der Waals surface area (Å²) in [5, 5.41) is 6.19. The molecule has 1 rings (SSSR count). The molecular weight excluding hydrogens is 310 g/mol. The summed E-state index contributed by atoms with van der Waals surface area (Å²) >= 11 is 0. The van der Waals surface area contributed by atoms with Gasteiger partial charge in [-0.05, 0) is 24.3 Å². The molecule has 0 saturated heterocycles. The van der Waals surface area contributed by atoms with E-state index in [1.165, 1.54) is 19.1 Å². The molecule has 5 N–H and O–H groups in total. The zero-order valence-corrected chi connectivity index (χ0v) is 12.4. The van der Waals surface area contributed by atoms with E-state index in [4.69, 9.17) is 9.84 Å². The van der Waals surface area contributed by atoms with Crippen molar-refractivity contribution < 1.29 is 38.5 Å². The predicted octanol–water partition coefficient (Wildman–Crippen LogP) is 1.58. The second kappa shape index (κ2) is 5.85. The Morgan fingerprint density at radius 1 is 1.05 bits per heavy atom. The van der Waals surface area contributed by atoms with E-state index in [1.54, 1.807) is 0 Å². The van der Waals surface area contributed by atoms with Crippen LogP contribution in [0.15, 0.2) is 24.3 Å². The number of aromatic hydroxyl groups is 1. The van der Waals surface area contributed by atoms with Crippen LogP contribution in [0.2, 0.25) is 0 Å². The molecule has 8 nitrogen and oxygen atoms in total. The number of rotatable bonds is 6. The van der Waals surface area contributed by atoms with Crippen molar-refractivity contribution in [3.8, 4) is 11.5 Å². The molecule has 0 saturated carbocycles. The van der Waals surface area contributed by atoms with E-state index >= 15 is 0 Å². The summed E-state index contributed by atoms with van der Waals surface area (Å²) in [5.41, 5.74) is 0. The molecule has 0 unspecified atom stereocenters. The molecule has 0 aliphatic rings. The van der Waals surface area contributed by atoms with Gasteiger partial charge >= 0.3 is 20.3 Å². The number of ether oxygens (including phenoxy) is 1. The van der Waals surface area contributed by atoms with Gasteiger partial charge in [0.05, 0.1) is 0 Å². The van der Waals surface area contributed by atoms with Gasteiger partial charge in [0.25, 0.3) is 0 Å². The van der Waals surface area contributed by atoms with Crippen LogP contribution >= 0.6 is 15.2 Å². The average Bonchev–Trinajstić information content (AvgIpc) is 2.28. The smallest absolute Gasteiger partial charge is 0.381 e. The highest BCUT2D eigenvalue weighted by atomic mass is 31.2. The first-order valence-electron chi connectivity index (χ1n) is 5.63. The topological polar surface area (TPSA) is 145 Å². The molecule has 114 valence electrons. The van der Waals surface area contributed by atoms with Crippen LogP contribution in [0.25, 0.3) is 0 Å². The van der Waals surface area contributed by atoms with Gasteiger partial charge in [0.1, 0.15) is 11.5 Å². The van der Waals surface area contributed by atoms with Gasteiger partial charge in [0, 0.05) is 6.42 Å². The van der Waals surface area contributed by atoms with Crippen LogP contribution in [0.5, 0.6) is 11.5 Å². The number of hydrogen-bond acceptors (Lipinski definition) is 4. The van der Waals surface area contributed by atoms with Crippen LogP contribution in [-0.2, 0) is 9.13 Å². The summed E-state index contributed by atoms with van der Waals surface area (Å²) in [6.07, 6.45) is -0.434. The third-order valence-electron chi connectivity index (χ3n) is 2.60. The first-order chi connectivity index (χ1) is 9.03. The van der Waals surface area contributed by atoms with Crippen molar-refractivity contribution in [3.63, 3.8) is 0 Å². The molecule has 0 radical (unpaired) electrons. The van der Waals surface area contributed by atoms with E-state index in [0.29, 0.717) is 0 Å². The molecule has 1 aromatic carbocycles. The molecule has 0 aliphatic carbocycles. The van der Waals surface area contributed by atoms with Gasteiger partial charge in [0.15, 0.2) is 0 Å². The van der Waals surface area contributed by atoms with E-state index in [2.05, 4.69) is 0 Å². The third kappa shape index (κ3) is 3.41. The van der Waals surface area contributed by atoms with E-state index in [1.807, 2.05) is 0 Å². The van der Waals surface area contributed by atoms with Gasteiger partial charge in [-0.3, -0.25) is 9.13 Å². The number of phenolic OH excluding ortho intramolecular Hbond substituents is 1. The van der Waals surface area contributed by atoms with E-state index in [0.717, 1.165) is 12.1 Å². The summed E-state index contributed by atoms with van der Waals surface area (Å²) in [7, 11) is -10.5. The molecule has 0 aromatic heterocycles. The largest absolute Gasteiger partial charge is 0.508 e. The fourth-order valence-electron chi connectivity index (χ4n) is 1.66. The maximum atomic E-state index is 11.6. The molecule has 0 bridgehead atoms. The van der Waals surface area contributed by atoms with Crippen LogP contribution in [-0.4, -0.2) is 29.8 Å². The second-order valence-electron chi connectivity index (χ2n) is 4.18. The van der Waals surface area contributed by atoms with Gasteiger partial charge in [0.2, 0.25) is 0 Å². The van der Waals surface area contributed by atoms with Gasteiger partial charge in [-0.25, -0.2) is 0 Å². The van der Waals surface area contributed by atoms with Gasteiger partial charge in [-0.1, -0.05) is 13.3 Å². The van der Waals surface area contributed by atoms with Crippen molar-refractivity contribution in [1.82, 2.24) is 0 Å². The minimum Gasteiger partial charge on any atom is -0.508 e. The van der Waals surface area contributed by atoms with Gasteiger partial charge < -0.3 is 29.4 Å². The van der Waals surface area contributed by atoms with Crippen molar-refractivity contribution in [2.75, 3.05) is 0 Å². The summed E-state index contributed by atoms with van der Waals surface area (Å²) in [5.74, 6) is -0.284. The molecule has 0 amide bonds. The number of benzene rings is 1. The summed E-state index contributed by atoms with van der Waals surface area (Å²) in [4.78, 5) is 37.4. The highest BCUT2D eigenvalue weighted by Gasteiger charge is 2.62. The fourth-order valence-corrected chi connectivity index (χ4v) is 4.50. The number of hydrogen-bond donors (Lipinski definition) is 5. The number of phenols is 1. The first kappa shape index (κ1) is 17.2. The lowest BCUT2D eigenvalue weighted by molar-refractivity contribution is 0.143. The van der Waals surface area contributed by atoms with Gasteiger partial charge in [-0.2, -0.15) is 0 Å². The average molecular weight is 326 g/mol. The Morgan fingerprint density at radius 2 is 1.50 bits per heavy atom. The minimum absolute atomic E-state index is 0.0916. The zero-order chi connectivity index (χ0) is 15.6. The first-order valence-corrected chi connectivity index (χ1v) is 8.85. The summed E-state index contributed by atoms with van der Waals surface area (Å²) < 4.78 is 28.2. The minimum atomic E-state index is -5.27. The monoisotopic (exact) mass is 326 g/mol. The lowest BCUT2D eigenvalue weighted by Gasteiger charge is -2.34. The molecule has 0 fully saturated rings. The van der Waals surface area contributed by atoms with Gasteiger partial charge in [-0.15, -0.1) is 0 Å². The van der Waals surface area contributed by atoms with E-state index in [-0.39, 0.29) is 17.9 Å². The van der Waals surface area contributed by atoms with Crippen LogP contribution in [0.1, 0.15) is 19.8 Å². The Hall–Kier alpha value is -0.880. The van der Waals surface area contributed by atoms with Crippen LogP contribution in [0, 0.1) is 0 Å². The molecule has 1 aromatic rings. The Morgan fingerprint density at radius 3 is 1.85 bits per heavy atom. The van der Waals surface area contributed by atoms with E-state index < -0.39 is 26.7 Å². The molecule has 10 heteroatoms. The quantitative estimate of drug-likeness (QED) is 0.495. The normalized spacial score (nSPS) is 13.2. The van der Waals surface area contributed by atoms with Crippen molar-refractivity contribution in [3.05, 3.63) is 24.3 Å².